The molecule has 0 radical (unpaired) electrons. The maximum Gasteiger partial charge on any atom is 0.306 e. The van der Waals surface area contributed by atoms with Crippen molar-refractivity contribution in [2.45, 2.75) is 64.4 Å². The van der Waals surface area contributed by atoms with E-state index in [4.69, 9.17) is 4.74 Å². The number of fused-ring (bicyclic) bond motifs is 2. The first-order valence-electron chi connectivity index (χ1n) is 6.79. The fraction of sp³-hybridized carbons (Fsp3) is 0.929. The standard InChI is InChI=1S/C14H22O2/c1-10-4-3-7-13(2)11(10)5-8-14(13)9-6-12(15)16-14/h10-11H,3-9H2,1-2H3/t10?,11?,13-,14+/m0/s1. The van der Waals surface area contributed by atoms with Gasteiger partial charge in [0, 0.05) is 11.8 Å². The van der Waals surface area contributed by atoms with Crippen LogP contribution in [0.25, 0.3) is 0 Å². The van der Waals surface area contributed by atoms with Gasteiger partial charge in [0.2, 0.25) is 0 Å². The van der Waals surface area contributed by atoms with Gasteiger partial charge in [-0.15, -0.1) is 0 Å². The highest BCUT2D eigenvalue weighted by atomic mass is 16.6. The molecule has 1 spiro atoms. The van der Waals surface area contributed by atoms with Gasteiger partial charge in [-0.05, 0) is 37.5 Å². The Kier molecular flexibility index (Phi) is 2.15. The molecule has 0 bridgehead atoms. The fourth-order valence-electron chi connectivity index (χ4n) is 4.85. The van der Waals surface area contributed by atoms with Crippen molar-refractivity contribution in [1.29, 1.82) is 0 Å². The van der Waals surface area contributed by atoms with Crippen LogP contribution in [-0.4, -0.2) is 11.6 Å². The lowest BCUT2D eigenvalue weighted by atomic mass is 9.59. The molecule has 2 nitrogen and oxygen atoms in total. The van der Waals surface area contributed by atoms with Gasteiger partial charge in [0.15, 0.2) is 0 Å². The van der Waals surface area contributed by atoms with Gasteiger partial charge < -0.3 is 4.74 Å². The first kappa shape index (κ1) is 10.6. The van der Waals surface area contributed by atoms with Crippen LogP contribution in [0.1, 0.15) is 58.8 Å². The van der Waals surface area contributed by atoms with E-state index in [2.05, 4.69) is 13.8 Å². The number of carbonyl (C=O) groups excluding carboxylic acids is 1. The highest BCUT2D eigenvalue weighted by Crippen LogP contribution is 2.63. The van der Waals surface area contributed by atoms with Gasteiger partial charge in [-0.1, -0.05) is 26.7 Å². The SMILES string of the molecule is CC1CCC[C@@]2(C)C1CC[C@@]21CCC(=O)O1. The molecule has 3 fully saturated rings. The number of rotatable bonds is 0. The number of ether oxygens (including phenoxy) is 1. The van der Waals surface area contributed by atoms with Crippen molar-refractivity contribution in [3.05, 3.63) is 0 Å². The summed E-state index contributed by atoms with van der Waals surface area (Å²) in [5.74, 6) is 1.64. The zero-order valence-corrected chi connectivity index (χ0v) is 10.4. The van der Waals surface area contributed by atoms with E-state index in [1.807, 2.05) is 0 Å². The van der Waals surface area contributed by atoms with E-state index in [0.29, 0.717) is 6.42 Å². The predicted molar refractivity (Wildman–Crippen MR) is 61.9 cm³/mol. The Morgan fingerprint density at radius 2 is 2.06 bits per heavy atom. The van der Waals surface area contributed by atoms with E-state index < -0.39 is 0 Å². The summed E-state index contributed by atoms with van der Waals surface area (Å²) in [7, 11) is 0. The number of carbonyl (C=O) groups is 1. The number of hydrogen-bond donors (Lipinski definition) is 0. The van der Waals surface area contributed by atoms with Crippen LogP contribution in [0.4, 0.5) is 0 Å². The minimum atomic E-state index is -0.0799. The van der Waals surface area contributed by atoms with E-state index in [-0.39, 0.29) is 17.0 Å². The summed E-state index contributed by atoms with van der Waals surface area (Å²) in [5, 5.41) is 0. The molecular weight excluding hydrogens is 200 g/mol. The summed E-state index contributed by atoms with van der Waals surface area (Å²) in [4.78, 5) is 11.5. The molecule has 3 aliphatic rings. The summed E-state index contributed by atoms with van der Waals surface area (Å²) >= 11 is 0. The highest BCUT2D eigenvalue weighted by Gasteiger charge is 2.63. The van der Waals surface area contributed by atoms with E-state index in [1.54, 1.807) is 0 Å². The second kappa shape index (κ2) is 3.24. The largest absolute Gasteiger partial charge is 0.458 e. The molecule has 2 saturated carbocycles. The maximum absolute atomic E-state index is 11.5. The van der Waals surface area contributed by atoms with Crippen molar-refractivity contribution in [3.63, 3.8) is 0 Å². The van der Waals surface area contributed by atoms with E-state index in [0.717, 1.165) is 24.7 Å². The maximum atomic E-state index is 11.5. The van der Waals surface area contributed by atoms with Crippen LogP contribution in [-0.2, 0) is 9.53 Å². The molecule has 0 amide bonds. The molecule has 1 saturated heterocycles. The molecule has 0 aromatic heterocycles. The third-order valence-corrected chi connectivity index (χ3v) is 5.80. The molecule has 90 valence electrons. The number of esters is 1. The molecule has 3 rings (SSSR count). The fourth-order valence-corrected chi connectivity index (χ4v) is 4.85. The van der Waals surface area contributed by atoms with Crippen LogP contribution in [0.2, 0.25) is 0 Å². The molecule has 1 heterocycles. The lowest BCUT2D eigenvalue weighted by molar-refractivity contribution is -0.162. The molecule has 0 N–H and O–H groups in total. The zero-order chi connectivity index (χ0) is 11.4. The van der Waals surface area contributed by atoms with Crippen LogP contribution in [0.5, 0.6) is 0 Å². The Morgan fingerprint density at radius 1 is 1.25 bits per heavy atom. The minimum absolute atomic E-state index is 0.0418. The number of hydrogen-bond acceptors (Lipinski definition) is 2. The quantitative estimate of drug-likeness (QED) is 0.588. The van der Waals surface area contributed by atoms with Gasteiger partial charge >= 0.3 is 5.97 Å². The Balaban J connectivity index is 1.95. The van der Waals surface area contributed by atoms with Crippen molar-refractivity contribution in [3.8, 4) is 0 Å². The van der Waals surface area contributed by atoms with Crippen LogP contribution in [0.15, 0.2) is 0 Å². The highest BCUT2D eigenvalue weighted by molar-refractivity contribution is 5.72. The van der Waals surface area contributed by atoms with Crippen molar-refractivity contribution in [2.75, 3.05) is 0 Å². The van der Waals surface area contributed by atoms with Gasteiger partial charge in [0.1, 0.15) is 5.60 Å². The third-order valence-electron chi connectivity index (χ3n) is 5.80. The first-order valence-corrected chi connectivity index (χ1v) is 6.79. The van der Waals surface area contributed by atoms with Gasteiger partial charge in [0.25, 0.3) is 0 Å². The Hall–Kier alpha value is -0.530. The lowest BCUT2D eigenvalue weighted by Gasteiger charge is -2.48. The molecular formula is C14H22O2. The van der Waals surface area contributed by atoms with E-state index >= 15 is 0 Å². The van der Waals surface area contributed by atoms with Gasteiger partial charge in [0.05, 0.1) is 0 Å². The summed E-state index contributed by atoms with van der Waals surface area (Å²) in [6.07, 6.45) is 7.95. The normalized spacial score (nSPS) is 51.8. The van der Waals surface area contributed by atoms with Crippen LogP contribution in [0, 0.1) is 17.3 Å². The van der Waals surface area contributed by atoms with Crippen LogP contribution >= 0.6 is 0 Å². The van der Waals surface area contributed by atoms with Crippen molar-refractivity contribution in [1.82, 2.24) is 0 Å². The minimum Gasteiger partial charge on any atom is -0.458 e. The average Bonchev–Trinajstić information content (AvgIpc) is 2.73. The summed E-state index contributed by atoms with van der Waals surface area (Å²) < 4.78 is 5.79. The second-order valence-corrected chi connectivity index (χ2v) is 6.40. The predicted octanol–water partition coefficient (Wildman–Crippen LogP) is 3.30. The molecule has 0 aromatic carbocycles. The van der Waals surface area contributed by atoms with Crippen LogP contribution in [0.3, 0.4) is 0 Å². The average molecular weight is 222 g/mol. The molecule has 2 unspecified atom stereocenters. The topological polar surface area (TPSA) is 26.3 Å². The first-order chi connectivity index (χ1) is 7.57. The van der Waals surface area contributed by atoms with E-state index in [1.165, 1.54) is 25.7 Å². The lowest BCUT2D eigenvalue weighted by Crippen LogP contribution is -2.48. The molecule has 2 heteroatoms. The monoisotopic (exact) mass is 222 g/mol. The smallest absolute Gasteiger partial charge is 0.306 e. The zero-order valence-electron chi connectivity index (χ0n) is 10.4. The van der Waals surface area contributed by atoms with Gasteiger partial charge in [-0.2, -0.15) is 0 Å². The van der Waals surface area contributed by atoms with Crippen LogP contribution < -0.4 is 0 Å². The Morgan fingerprint density at radius 3 is 2.75 bits per heavy atom. The molecule has 4 atom stereocenters. The van der Waals surface area contributed by atoms with Gasteiger partial charge in [-0.25, -0.2) is 0 Å². The Bertz CT molecular complexity index is 325. The summed E-state index contributed by atoms with van der Waals surface area (Å²) in [5.41, 5.74) is 0.195. The molecule has 16 heavy (non-hydrogen) atoms. The van der Waals surface area contributed by atoms with Crippen molar-refractivity contribution < 1.29 is 9.53 Å². The van der Waals surface area contributed by atoms with Gasteiger partial charge in [-0.3, -0.25) is 4.79 Å². The summed E-state index contributed by atoms with van der Waals surface area (Å²) in [6.45, 7) is 4.77. The van der Waals surface area contributed by atoms with Crippen molar-refractivity contribution >= 4 is 5.97 Å². The third kappa shape index (κ3) is 1.16. The molecule has 2 aliphatic carbocycles. The molecule has 1 aliphatic heterocycles. The van der Waals surface area contributed by atoms with E-state index in [9.17, 15) is 4.79 Å². The molecule has 0 aromatic rings. The summed E-state index contributed by atoms with van der Waals surface area (Å²) in [6, 6.07) is 0. The second-order valence-electron chi connectivity index (χ2n) is 6.40. The Labute approximate surface area is 97.7 Å². The van der Waals surface area contributed by atoms with Crippen molar-refractivity contribution in [2.24, 2.45) is 17.3 Å².